The van der Waals surface area contributed by atoms with Crippen LogP contribution < -0.4 is 5.32 Å². The van der Waals surface area contributed by atoms with E-state index in [4.69, 9.17) is 4.74 Å². The van der Waals surface area contributed by atoms with Crippen molar-refractivity contribution in [3.63, 3.8) is 0 Å². The van der Waals surface area contributed by atoms with Crippen LogP contribution in [-0.4, -0.2) is 31.4 Å². The summed E-state index contributed by atoms with van der Waals surface area (Å²) in [6.07, 6.45) is 1.83. The maximum Gasteiger partial charge on any atom is 0.0914 e. The molecule has 3 heteroatoms. The highest BCUT2D eigenvalue weighted by Gasteiger charge is 2.16. The number of nitrogens with one attached hydrogen (secondary N) is 1. The summed E-state index contributed by atoms with van der Waals surface area (Å²) < 4.78 is 5.36. The lowest BCUT2D eigenvalue weighted by molar-refractivity contribution is 0.0649. The van der Waals surface area contributed by atoms with E-state index >= 15 is 0 Å². The first kappa shape index (κ1) is 16.5. The van der Waals surface area contributed by atoms with Crippen LogP contribution in [-0.2, 0) is 10.2 Å². The molecule has 0 spiro atoms. The Morgan fingerprint density at radius 1 is 1.19 bits per heavy atom. The minimum atomic E-state index is -0.432. The van der Waals surface area contributed by atoms with Gasteiger partial charge in [-0.25, -0.2) is 0 Å². The SMILES string of the molecule is CC(C)(C)c1ccc(C(O)CNCC2CCOCC2)cc1. The highest BCUT2D eigenvalue weighted by Crippen LogP contribution is 2.24. The Bertz CT molecular complexity index is 416. The summed E-state index contributed by atoms with van der Waals surface area (Å²) >= 11 is 0. The zero-order valence-electron chi connectivity index (χ0n) is 13.6. The van der Waals surface area contributed by atoms with Crippen molar-refractivity contribution in [3.05, 3.63) is 35.4 Å². The second kappa shape index (κ2) is 7.39. The minimum Gasteiger partial charge on any atom is -0.387 e. The van der Waals surface area contributed by atoms with E-state index < -0.39 is 6.10 Å². The number of aliphatic hydroxyl groups is 1. The van der Waals surface area contributed by atoms with Gasteiger partial charge >= 0.3 is 0 Å². The Labute approximate surface area is 128 Å². The Balaban J connectivity index is 1.78. The molecule has 118 valence electrons. The molecule has 1 aromatic rings. The number of hydrogen-bond acceptors (Lipinski definition) is 3. The van der Waals surface area contributed by atoms with Crippen molar-refractivity contribution in [2.45, 2.75) is 45.1 Å². The topological polar surface area (TPSA) is 41.5 Å². The lowest BCUT2D eigenvalue weighted by Gasteiger charge is -2.23. The Morgan fingerprint density at radius 3 is 2.38 bits per heavy atom. The molecule has 2 N–H and O–H groups in total. The van der Waals surface area contributed by atoms with Gasteiger partial charge in [-0.2, -0.15) is 0 Å². The van der Waals surface area contributed by atoms with Crippen LogP contribution in [0.4, 0.5) is 0 Å². The van der Waals surface area contributed by atoms with Gasteiger partial charge in [-0.3, -0.25) is 0 Å². The smallest absolute Gasteiger partial charge is 0.0914 e. The molecule has 1 atom stereocenters. The molecular formula is C18H29NO2. The van der Waals surface area contributed by atoms with Crippen molar-refractivity contribution < 1.29 is 9.84 Å². The maximum atomic E-state index is 10.3. The molecule has 1 aliphatic heterocycles. The van der Waals surface area contributed by atoms with E-state index in [0.29, 0.717) is 12.5 Å². The first-order valence-corrected chi connectivity index (χ1v) is 8.04. The predicted octanol–water partition coefficient (Wildman–Crippen LogP) is 3.03. The average Bonchev–Trinajstić information content (AvgIpc) is 2.47. The van der Waals surface area contributed by atoms with E-state index in [1.54, 1.807) is 0 Å². The second-order valence-electron chi connectivity index (χ2n) is 7.10. The normalized spacial score (nSPS) is 18.7. The monoisotopic (exact) mass is 291 g/mol. The third-order valence-corrected chi connectivity index (χ3v) is 4.27. The number of aliphatic hydroxyl groups excluding tert-OH is 1. The van der Waals surface area contributed by atoms with Crippen molar-refractivity contribution >= 4 is 0 Å². The van der Waals surface area contributed by atoms with Gasteiger partial charge in [-0.05, 0) is 41.8 Å². The van der Waals surface area contributed by atoms with Crippen LogP contribution in [0.5, 0.6) is 0 Å². The van der Waals surface area contributed by atoms with E-state index in [2.05, 4.69) is 38.2 Å². The van der Waals surface area contributed by atoms with Gasteiger partial charge in [0, 0.05) is 19.8 Å². The second-order valence-corrected chi connectivity index (χ2v) is 7.10. The molecule has 0 amide bonds. The lowest BCUT2D eigenvalue weighted by atomic mass is 9.86. The summed E-state index contributed by atoms with van der Waals surface area (Å²) in [6, 6.07) is 8.33. The molecule has 1 heterocycles. The summed E-state index contributed by atoms with van der Waals surface area (Å²) in [6.45, 7) is 9.95. The van der Waals surface area contributed by atoms with Crippen molar-refractivity contribution in [1.29, 1.82) is 0 Å². The average molecular weight is 291 g/mol. The van der Waals surface area contributed by atoms with Crippen LogP contribution in [0.3, 0.4) is 0 Å². The van der Waals surface area contributed by atoms with Gasteiger partial charge in [0.05, 0.1) is 6.10 Å². The largest absolute Gasteiger partial charge is 0.387 e. The number of ether oxygens (including phenoxy) is 1. The van der Waals surface area contributed by atoms with Gasteiger partial charge in [0.1, 0.15) is 0 Å². The molecule has 2 rings (SSSR count). The third kappa shape index (κ3) is 5.10. The predicted molar refractivity (Wildman–Crippen MR) is 86.5 cm³/mol. The van der Waals surface area contributed by atoms with Gasteiger partial charge in [0.15, 0.2) is 0 Å². The summed E-state index contributed by atoms with van der Waals surface area (Å²) in [5.74, 6) is 0.689. The van der Waals surface area contributed by atoms with Crippen LogP contribution in [0.25, 0.3) is 0 Å². The zero-order chi connectivity index (χ0) is 15.3. The quantitative estimate of drug-likeness (QED) is 0.876. The Hall–Kier alpha value is -0.900. The van der Waals surface area contributed by atoms with E-state index in [0.717, 1.165) is 38.2 Å². The van der Waals surface area contributed by atoms with Crippen LogP contribution >= 0.6 is 0 Å². The van der Waals surface area contributed by atoms with Crippen LogP contribution in [0.2, 0.25) is 0 Å². The number of hydrogen-bond donors (Lipinski definition) is 2. The molecule has 0 radical (unpaired) electrons. The standard InChI is InChI=1S/C18H29NO2/c1-18(2,3)16-6-4-15(5-7-16)17(20)13-19-12-14-8-10-21-11-9-14/h4-7,14,17,19-20H,8-13H2,1-3H3. The summed E-state index contributed by atoms with van der Waals surface area (Å²) in [4.78, 5) is 0. The third-order valence-electron chi connectivity index (χ3n) is 4.27. The van der Waals surface area contributed by atoms with Crippen molar-refractivity contribution in [3.8, 4) is 0 Å². The minimum absolute atomic E-state index is 0.158. The van der Waals surface area contributed by atoms with E-state index in [9.17, 15) is 5.11 Å². The number of rotatable bonds is 5. The molecule has 1 fully saturated rings. The van der Waals surface area contributed by atoms with E-state index in [1.807, 2.05) is 12.1 Å². The molecule has 1 aromatic carbocycles. The number of benzene rings is 1. The van der Waals surface area contributed by atoms with Crippen molar-refractivity contribution in [1.82, 2.24) is 5.32 Å². The van der Waals surface area contributed by atoms with Gasteiger partial charge in [-0.1, -0.05) is 45.0 Å². The fourth-order valence-corrected chi connectivity index (χ4v) is 2.70. The molecule has 3 nitrogen and oxygen atoms in total. The van der Waals surface area contributed by atoms with Crippen LogP contribution in [0, 0.1) is 5.92 Å². The Morgan fingerprint density at radius 2 is 1.81 bits per heavy atom. The van der Waals surface area contributed by atoms with Crippen molar-refractivity contribution in [2.75, 3.05) is 26.3 Å². The fraction of sp³-hybridized carbons (Fsp3) is 0.667. The summed E-state index contributed by atoms with van der Waals surface area (Å²) in [7, 11) is 0. The van der Waals surface area contributed by atoms with Crippen LogP contribution in [0.1, 0.15) is 50.8 Å². The first-order chi connectivity index (χ1) is 9.97. The molecule has 0 aromatic heterocycles. The maximum absolute atomic E-state index is 10.3. The fourth-order valence-electron chi connectivity index (χ4n) is 2.70. The zero-order valence-corrected chi connectivity index (χ0v) is 13.6. The highest BCUT2D eigenvalue weighted by molar-refractivity contribution is 5.28. The van der Waals surface area contributed by atoms with Gasteiger partial charge in [0.25, 0.3) is 0 Å². The lowest BCUT2D eigenvalue weighted by Crippen LogP contribution is -2.30. The van der Waals surface area contributed by atoms with Gasteiger partial charge < -0.3 is 15.2 Å². The van der Waals surface area contributed by atoms with Crippen LogP contribution in [0.15, 0.2) is 24.3 Å². The highest BCUT2D eigenvalue weighted by atomic mass is 16.5. The van der Waals surface area contributed by atoms with E-state index in [1.165, 1.54) is 5.56 Å². The summed E-state index contributed by atoms with van der Waals surface area (Å²) in [5, 5.41) is 13.6. The summed E-state index contributed by atoms with van der Waals surface area (Å²) in [5.41, 5.74) is 2.45. The van der Waals surface area contributed by atoms with Gasteiger partial charge in [0.2, 0.25) is 0 Å². The van der Waals surface area contributed by atoms with Gasteiger partial charge in [-0.15, -0.1) is 0 Å². The molecule has 1 aliphatic rings. The van der Waals surface area contributed by atoms with E-state index in [-0.39, 0.29) is 5.41 Å². The molecule has 21 heavy (non-hydrogen) atoms. The van der Waals surface area contributed by atoms with Crippen molar-refractivity contribution in [2.24, 2.45) is 5.92 Å². The molecule has 1 unspecified atom stereocenters. The molecule has 1 saturated heterocycles. The first-order valence-electron chi connectivity index (χ1n) is 8.04. The molecule has 0 aliphatic carbocycles. The molecule has 0 bridgehead atoms. The molecule has 0 saturated carbocycles. The molecular weight excluding hydrogens is 262 g/mol. The Kier molecular flexibility index (Phi) is 5.80.